The molecule has 1 unspecified atom stereocenters. The molecule has 1 aliphatic heterocycles. The number of alkyl halides is 3. The number of pyridine rings is 1. The number of aryl methyl sites for hydroxylation is 1. The van der Waals surface area contributed by atoms with Gasteiger partial charge in [0.05, 0.1) is 5.56 Å². The number of halogens is 3. The lowest BCUT2D eigenvalue weighted by molar-refractivity contribution is -0.159. The fraction of sp³-hybridized carbons (Fsp3) is 0.550. The van der Waals surface area contributed by atoms with Crippen LogP contribution in [0.4, 0.5) is 19.0 Å². The normalized spacial score (nSPS) is 17.5. The van der Waals surface area contributed by atoms with E-state index in [9.17, 15) is 18.0 Å². The lowest BCUT2D eigenvalue weighted by Gasteiger charge is -2.43. The first-order valence-electron chi connectivity index (χ1n) is 9.83. The standard InChI is InChI=1S/C20H23F3N6O2/c1-13-12-28(8-9-29(13)16-5-4-14(10-24)11-25-16)18(30)19(2,3)7-6-15-26-17(31-27-15)20(21,22)23/h4-5,11,13H,6-9,12H2,1-3H3. The molecular formula is C20H23F3N6O2. The Morgan fingerprint density at radius 2 is 2.06 bits per heavy atom. The van der Waals surface area contributed by atoms with Crippen LogP contribution in [0.25, 0.3) is 0 Å². The van der Waals surface area contributed by atoms with E-state index >= 15 is 0 Å². The fourth-order valence-corrected chi connectivity index (χ4v) is 3.53. The van der Waals surface area contributed by atoms with Crippen LogP contribution in [0.2, 0.25) is 0 Å². The number of piperazine rings is 1. The SMILES string of the molecule is CC1CN(C(=O)C(C)(C)CCc2noc(C(F)(F)F)n2)CCN1c1ccc(C#N)cn1. The van der Waals surface area contributed by atoms with Crippen molar-refractivity contribution in [1.29, 1.82) is 5.26 Å². The van der Waals surface area contributed by atoms with E-state index in [1.807, 2.05) is 13.0 Å². The summed E-state index contributed by atoms with van der Waals surface area (Å²) in [6.45, 7) is 7.09. The summed E-state index contributed by atoms with van der Waals surface area (Å²) in [4.78, 5) is 24.6. The average molecular weight is 436 g/mol. The predicted octanol–water partition coefficient (Wildman–Crippen LogP) is 3.05. The van der Waals surface area contributed by atoms with Gasteiger partial charge in [0.1, 0.15) is 11.9 Å². The van der Waals surface area contributed by atoms with E-state index in [0.717, 1.165) is 5.82 Å². The van der Waals surface area contributed by atoms with Gasteiger partial charge in [-0.05, 0) is 25.5 Å². The van der Waals surface area contributed by atoms with Crippen molar-refractivity contribution in [2.24, 2.45) is 5.41 Å². The Bertz CT molecular complexity index is 965. The molecule has 1 atom stereocenters. The first-order chi connectivity index (χ1) is 14.5. The van der Waals surface area contributed by atoms with Crippen molar-refractivity contribution in [3.8, 4) is 6.07 Å². The maximum atomic E-state index is 13.1. The van der Waals surface area contributed by atoms with Gasteiger partial charge in [0, 0.05) is 43.7 Å². The molecule has 0 bridgehead atoms. The Hall–Kier alpha value is -3.16. The van der Waals surface area contributed by atoms with E-state index in [-0.39, 0.29) is 30.6 Å². The maximum absolute atomic E-state index is 13.1. The third kappa shape index (κ3) is 5.13. The van der Waals surface area contributed by atoms with Gasteiger partial charge in [-0.1, -0.05) is 19.0 Å². The van der Waals surface area contributed by atoms with Crippen molar-refractivity contribution in [2.45, 2.75) is 45.8 Å². The van der Waals surface area contributed by atoms with E-state index in [4.69, 9.17) is 5.26 Å². The summed E-state index contributed by atoms with van der Waals surface area (Å²) < 4.78 is 42.0. The van der Waals surface area contributed by atoms with Crippen LogP contribution < -0.4 is 4.90 Å². The fourth-order valence-electron chi connectivity index (χ4n) is 3.53. The van der Waals surface area contributed by atoms with Crippen LogP contribution in [0.3, 0.4) is 0 Å². The topological polar surface area (TPSA) is 99.2 Å². The van der Waals surface area contributed by atoms with Crippen LogP contribution in [-0.2, 0) is 17.4 Å². The maximum Gasteiger partial charge on any atom is 0.471 e. The smallest absolute Gasteiger partial charge is 0.350 e. The zero-order chi connectivity index (χ0) is 22.8. The van der Waals surface area contributed by atoms with Gasteiger partial charge in [0.15, 0.2) is 5.82 Å². The minimum atomic E-state index is -4.68. The minimum absolute atomic E-state index is 0.0143. The number of nitriles is 1. The molecule has 0 radical (unpaired) electrons. The van der Waals surface area contributed by atoms with Gasteiger partial charge in [-0.25, -0.2) is 4.98 Å². The van der Waals surface area contributed by atoms with Crippen LogP contribution in [-0.4, -0.2) is 51.6 Å². The van der Waals surface area contributed by atoms with Gasteiger partial charge in [-0.3, -0.25) is 4.79 Å². The summed E-state index contributed by atoms with van der Waals surface area (Å²) in [6.07, 6.45) is -2.78. The molecule has 0 aliphatic carbocycles. The van der Waals surface area contributed by atoms with Crippen molar-refractivity contribution in [1.82, 2.24) is 20.0 Å². The van der Waals surface area contributed by atoms with Crippen LogP contribution in [0, 0.1) is 16.7 Å². The highest BCUT2D eigenvalue weighted by molar-refractivity contribution is 5.82. The second-order valence-electron chi connectivity index (χ2n) is 8.21. The highest BCUT2D eigenvalue weighted by Crippen LogP contribution is 2.30. The first kappa shape index (κ1) is 22.5. The van der Waals surface area contributed by atoms with E-state index in [2.05, 4.69) is 24.5 Å². The molecular weight excluding hydrogens is 413 g/mol. The Labute approximate surface area is 177 Å². The number of aromatic nitrogens is 3. The Morgan fingerprint density at radius 3 is 2.61 bits per heavy atom. The largest absolute Gasteiger partial charge is 0.471 e. The summed E-state index contributed by atoms with van der Waals surface area (Å²) in [5, 5.41) is 12.3. The first-order valence-corrected chi connectivity index (χ1v) is 9.83. The second kappa shape index (κ2) is 8.53. The third-order valence-electron chi connectivity index (χ3n) is 5.35. The van der Waals surface area contributed by atoms with E-state index in [0.29, 0.717) is 25.2 Å². The molecule has 3 rings (SSSR count). The zero-order valence-corrected chi connectivity index (χ0v) is 17.5. The molecule has 0 aromatic carbocycles. The molecule has 0 spiro atoms. The summed E-state index contributed by atoms with van der Waals surface area (Å²) in [5.74, 6) is -0.784. The highest BCUT2D eigenvalue weighted by atomic mass is 19.4. The second-order valence-corrected chi connectivity index (χ2v) is 8.21. The van der Waals surface area contributed by atoms with Crippen molar-refractivity contribution >= 4 is 11.7 Å². The van der Waals surface area contributed by atoms with Crippen molar-refractivity contribution in [2.75, 3.05) is 24.5 Å². The van der Waals surface area contributed by atoms with Gasteiger partial charge in [0.25, 0.3) is 0 Å². The zero-order valence-electron chi connectivity index (χ0n) is 17.5. The lowest BCUT2D eigenvalue weighted by Crippen LogP contribution is -2.56. The number of nitrogens with zero attached hydrogens (tertiary/aromatic N) is 6. The van der Waals surface area contributed by atoms with Crippen molar-refractivity contribution in [3.05, 3.63) is 35.6 Å². The number of carbonyl (C=O) groups excluding carboxylic acids is 1. The van der Waals surface area contributed by atoms with Crippen molar-refractivity contribution < 1.29 is 22.5 Å². The quantitative estimate of drug-likeness (QED) is 0.710. The molecule has 0 N–H and O–H groups in total. The molecule has 2 aromatic heterocycles. The number of rotatable bonds is 5. The molecule has 31 heavy (non-hydrogen) atoms. The van der Waals surface area contributed by atoms with Crippen LogP contribution in [0.15, 0.2) is 22.9 Å². The lowest BCUT2D eigenvalue weighted by atomic mass is 9.85. The Morgan fingerprint density at radius 1 is 1.32 bits per heavy atom. The van der Waals surface area contributed by atoms with Crippen LogP contribution >= 0.6 is 0 Å². The van der Waals surface area contributed by atoms with Gasteiger partial charge < -0.3 is 14.3 Å². The third-order valence-corrected chi connectivity index (χ3v) is 5.35. The van der Waals surface area contributed by atoms with Gasteiger partial charge in [0.2, 0.25) is 5.91 Å². The molecule has 11 heteroatoms. The van der Waals surface area contributed by atoms with Gasteiger partial charge in [-0.2, -0.15) is 23.4 Å². The molecule has 2 aromatic rings. The average Bonchev–Trinajstić information content (AvgIpc) is 3.22. The Kier molecular flexibility index (Phi) is 6.20. The minimum Gasteiger partial charge on any atom is -0.350 e. The molecule has 8 nitrogen and oxygen atoms in total. The molecule has 1 fully saturated rings. The number of carbonyl (C=O) groups is 1. The number of amides is 1. The molecule has 1 aliphatic rings. The van der Waals surface area contributed by atoms with Gasteiger partial charge in [-0.15, -0.1) is 0 Å². The summed E-state index contributed by atoms with van der Waals surface area (Å²) >= 11 is 0. The highest BCUT2D eigenvalue weighted by Gasteiger charge is 2.39. The molecule has 166 valence electrons. The predicted molar refractivity (Wildman–Crippen MR) is 104 cm³/mol. The summed E-state index contributed by atoms with van der Waals surface area (Å²) in [6, 6.07) is 5.54. The van der Waals surface area contributed by atoms with E-state index < -0.39 is 17.5 Å². The van der Waals surface area contributed by atoms with E-state index in [1.54, 1.807) is 30.9 Å². The number of hydrogen-bond donors (Lipinski definition) is 0. The molecule has 1 amide bonds. The summed E-state index contributed by atoms with van der Waals surface area (Å²) in [7, 11) is 0. The molecule has 0 saturated carbocycles. The molecule has 1 saturated heterocycles. The monoisotopic (exact) mass is 436 g/mol. The summed E-state index contributed by atoms with van der Waals surface area (Å²) in [5.41, 5.74) is -0.316. The number of anilines is 1. The van der Waals surface area contributed by atoms with E-state index in [1.165, 1.54) is 6.20 Å². The van der Waals surface area contributed by atoms with Crippen LogP contribution in [0.1, 0.15) is 44.5 Å². The van der Waals surface area contributed by atoms with Crippen LogP contribution in [0.5, 0.6) is 0 Å². The van der Waals surface area contributed by atoms with Gasteiger partial charge >= 0.3 is 12.1 Å². The molecule has 3 heterocycles. The van der Waals surface area contributed by atoms with Crippen molar-refractivity contribution in [3.63, 3.8) is 0 Å². The Balaban J connectivity index is 1.59. The number of hydrogen-bond acceptors (Lipinski definition) is 7.